The zero-order valence-corrected chi connectivity index (χ0v) is 22.0. The molecule has 4 rings (SSSR count). The largest absolute Gasteiger partial charge is 0.481 e. The maximum atomic E-state index is 13.4. The number of nitrogens with zero attached hydrogens (tertiary/aromatic N) is 2. The van der Waals surface area contributed by atoms with E-state index in [1.54, 1.807) is 38.3 Å². The number of benzene rings is 1. The van der Waals surface area contributed by atoms with Crippen LogP contribution in [0.5, 0.6) is 5.88 Å². The lowest BCUT2D eigenvalue weighted by Crippen LogP contribution is -2.30. The number of sulfonamides is 1. The van der Waals surface area contributed by atoms with Crippen molar-refractivity contribution in [1.82, 2.24) is 14.7 Å². The van der Waals surface area contributed by atoms with E-state index >= 15 is 0 Å². The molecule has 2 heterocycles. The van der Waals surface area contributed by atoms with Crippen LogP contribution in [0.15, 0.2) is 41.3 Å². The molecular weight excluding hydrogens is 500 g/mol. The Morgan fingerprint density at radius 3 is 2.50 bits per heavy atom. The van der Waals surface area contributed by atoms with Crippen LogP contribution in [0, 0.1) is 5.92 Å². The summed E-state index contributed by atoms with van der Waals surface area (Å²) in [5.41, 5.74) is 1.39. The molecule has 2 amide bonds. The fraction of sp³-hybridized carbons (Fsp3) is 0.440. The molecule has 0 saturated heterocycles. The lowest BCUT2D eigenvalue weighted by molar-refractivity contribution is -0.119. The van der Waals surface area contributed by atoms with E-state index in [4.69, 9.17) is 4.74 Å². The molecular formula is C25H30N4O5S2. The molecule has 1 saturated carbocycles. The van der Waals surface area contributed by atoms with Crippen LogP contribution >= 0.6 is 11.3 Å². The van der Waals surface area contributed by atoms with Crippen LogP contribution < -0.4 is 14.8 Å². The number of hydrogen-bond acceptors (Lipinski definition) is 8. The summed E-state index contributed by atoms with van der Waals surface area (Å²) < 4.78 is 32.4. The Bertz CT molecular complexity index is 1330. The van der Waals surface area contributed by atoms with Crippen LogP contribution in [-0.2, 0) is 19.6 Å². The van der Waals surface area contributed by atoms with Gasteiger partial charge in [0.05, 0.1) is 17.9 Å². The Morgan fingerprint density at radius 2 is 1.83 bits per heavy atom. The number of carbonyl (C=O) groups is 2. The quantitative estimate of drug-likeness (QED) is 0.392. The third-order valence-corrected chi connectivity index (χ3v) is 8.62. The first-order valence-electron chi connectivity index (χ1n) is 12.1. The van der Waals surface area contributed by atoms with E-state index in [1.807, 2.05) is 0 Å². The molecule has 36 heavy (non-hydrogen) atoms. The molecule has 192 valence electrons. The highest BCUT2D eigenvalue weighted by Gasteiger charge is 2.28. The molecule has 1 aliphatic rings. The summed E-state index contributed by atoms with van der Waals surface area (Å²) in [7, 11) is -2.42. The first-order valence-corrected chi connectivity index (χ1v) is 14.4. The highest BCUT2D eigenvalue weighted by atomic mass is 32.2. The molecule has 9 nitrogen and oxygen atoms in total. The summed E-state index contributed by atoms with van der Waals surface area (Å²) in [5.74, 6) is -0.292. The molecule has 1 atom stereocenters. The Labute approximate surface area is 214 Å². The van der Waals surface area contributed by atoms with Crippen LogP contribution in [0.1, 0.15) is 63.4 Å². The molecule has 1 aromatic carbocycles. The van der Waals surface area contributed by atoms with Gasteiger partial charge in [-0.3, -0.25) is 9.59 Å². The second kappa shape index (κ2) is 11.3. The first kappa shape index (κ1) is 26.0. The smallest absolute Gasteiger partial charge is 0.264 e. The summed E-state index contributed by atoms with van der Waals surface area (Å²) in [4.78, 5) is 34.7. The van der Waals surface area contributed by atoms with Gasteiger partial charge in [0.15, 0.2) is 5.13 Å². The van der Waals surface area contributed by atoms with E-state index < -0.39 is 21.8 Å². The summed E-state index contributed by atoms with van der Waals surface area (Å²) in [6, 6.07) is 9.71. The second-order valence-corrected chi connectivity index (χ2v) is 11.6. The normalized spacial score (nSPS) is 15.1. The van der Waals surface area contributed by atoms with Gasteiger partial charge in [-0.25, -0.2) is 23.1 Å². The number of methoxy groups -OCH3 is 1. The van der Waals surface area contributed by atoms with Crippen molar-refractivity contribution in [1.29, 1.82) is 0 Å². The second-order valence-electron chi connectivity index (χ2n) is 8.97. The Morgan fingerprint density at radius 1 is 1.11 bits per heavy atom. The minimum atomic E-state index is -3.96. The fourth-order valence-corrected chi connectivity index (χ4v) is 6.35. The van der Waals surface area contributed by atoms with Gasteiger partial charge in [-0.05, 0) is 42.5 Å². The third kappa shape index (κ3) is 6.19. The molecule has 0 aliphatic heterocycles. The predicted molar refractivity (Wildman–Crippen MR) is 139 cm³/mol. The van der Waals surface area contributed by atoms with Crippen molar-refractivity contribution < 1.29 is 22.7 Å². The van der Waals surface area contributed by atoms with E-state index in [0.29, 0.717) is 40.1 Å². The number of aromatic nitrogens is 2. The number of amides is 2. The molecule has 0 unspecified atom stereocenters. The van der Waals surface area contributed by atoms with Crippen LogP contribution in [-0.4, -0.2) is 37.3 Å². The van der Waals surface area contributed by atoms with E-state index in [-0.39, 0.29) is 17.2 Å². The van der Waals surface area contributed by atoms with E-state index in [1.165, 1.54) is 23.5 Å². The van der Waals surface area contributed by atoms with Gasteiger partial charge < -0.3 is 10.1 Å². The first-order chi connectivity index (χ1) is 17.3. The number of carbonyl (C=O) groups excluding carboxylic acids is 2. The molecule has 2 N–H and O–H groups in total. The van der Waals surface area contributed by atoms with Gasteiger partial charge in [0, 0.05) is 12.5 Å². The molecule has 1 aliphatic carbocycles. The monoisotopic (exact) mass is 530 g/mol. The van der Waals surface area contributed by atoms with E-state index in [9.17, 15) is 18.0 Å². The Hall–Kier alpha value is -3.05. The predicted octanol–water partition coefficient (Wildman–Crippen LogP) is 4.61. The molecule has 2 aromatic heterocycles. The lowest BCUT2D eigenvalue weighted by atomic mass is 9.87. The summed E-state index contributed by atoms with van der Waals surface area (Å²) in [5, 5.41) is 3.39. The van der Waals surface area contributed by atoms with E-state index in [2.05, 4.69) is 20.0 Å². The van der Waals surface area contributed by atoms with Crippen molar-refractivity contribution in [2.75, 3.05) is 12.4 Å². The van der Waals surface area contributed by atoms with Crippen LogP contribution in [0.2, 0.25) is 0 Å². The molecule has 0 spiro atoms. The van der Waals surface area contributed by atoms with Crippen molar-refractivity contribution in [3.05, 3.63) is 42.0 Å². The number of nitrogens with one attached hydrogen (secondary N) is 2. The Kier molecular flexibility index (Phi) is 8.20. The lowest BCUT2D eigenvalue weighted by Gasteiger charge is -2.20. The molecule has 0 bridgehead atoms. The highest BCUT2D eigenvalue weighted by molar-refractivity contribution is 7.90. The maximum absolute atomic E-state index is 13.4. The number of ether oxygens (including phenoxy) is 1. The number of pyridine rings is 1. The fourth-order valence-electron chi connectivity index (χ4n) is 4.50. The Balaban J connectivity index is 1.55. The van der Waals surface area contributed by atoms with Gasteiger partial charge in [0.25, 0.3) is 10.0 Å². The highest BCUT2D eigenvalue weighted by Crippen LogP contribution is 2.36. The molecule has 11 heteroatoms. The average Bonchev–Trinajstić information content (AvgIpc) is 3.51. The van der Waals surface area contributed by atoms with Gasteiger partial charge in [0.1, 0.15) is 10.3 Å². The summed E-state index contributed by atoms with van der Waals surface area (Å²) in [6.07, 6.45) is 5.81. The topological polar surface area (TPSA) is 127 Å². The van der Waals surface area contributed by atoms with Gasteiger partial charge >= 0.3 is 0 Å². The number of fused-ring (bicyclic) bond motifs is 1. The number of thiazole rings is 1. The standard InChI is InChI=1S/C25H30N4O5S2/c1-3-6-21(30)29-36(32,33)18-11-9-17(10-12-18)19(15-16-7-4-5-8-16)23(31)28-25-26-20-13-14-22(34-2)27-24(20)35-25/h9-14,16,19H,3-8,15H2,1-2H3,(H,29,30)(H,26,28,31)/t19-/m1/s1. The number of rotatable bonds is 10. The van der Waals surface area contributed by atoms with Crippen molar-refractivity contribution >= 4 is 48.7 Å². The van der Waals surface area contributed by atoms with Gasteiger partial charge in [-0.2, -0.15) is 0 Å². The zero-order valence-electron chi connectivity index (χ0n) is 20.3. The van der Waals surface area contributed by atoms with Gasteiger partial charge in [0.2, 0.25) is 17.7 Å². The summed E-state index contributed by atoms with van der Waals surface area (Å²) in [6.45, 7) is 1.80. The minimum Gasteiger partial charge on any atom is -0.481 e. The van der Waals surface area contributed by atoms with Crippen molar-refractivity contribution in [3.8, 4) is 5.88 Å². The van der Waals surface area contributed by atoms with E-state index in [0.717, 1.165) is 31.2 Å². The third-order valence-electron chi connectivity index (χ3n) is 6.35. The zero-order chi connectivity index (χ0) is 25.7. The average molecular weight is 531 g/mol. The SMILES string of the molecule is CCCC(=O)NS(=O)(=O)c1ccc([C@@H](CC2CCCC2)C(=O)Nc2nc3ccc(OC)nc3s2)cc1. The maximum Gasteiger partial charge on any atom is 0.264 e. The van der Waals surface area contributed by atoms with Crippen LogP contribution in [0.25, 0.3) is 10.3 Å². The van der Waals surface area contributed by atoms with Crippen molar-refractivity contribution in [2.45, 2.75) is 62.7 Å². The summed E-state index contributed by atoms with van der Waals surface area (Å²) >= 11 is 1.27. The minimum absolute atomic E-state index is 0.0121. The van der Waals surface area contributed by atoms with Gasteiger partial charge in [-0.15, -0.1) is 0 Å². The number of anilines is 1. The van der Waals surface area contributed by atoms with Crippen LogP contribution in [0.3, 0.4) is 0 Å². The van der Waals surface area contributed by atoms with Gasteiger partial charge in [-0.1, -0.05) is 56.1 Å². The molecule has 1 fully saturated rings. The van der Waals surface area contributed by atoms with Crippen molar-refractivity contribution in [2.24, 2.45) is 5.92 Å². The molecule has 3 aromatic rings. The number of hydrogen-bond donors (Lipinski definition) is 2. The van der Waals surface area contributed by atoms with Crippen molar-refractivity contribution in [3.63, 3.8) is 0 Å². The van der Waals surface area contributed by atoms with Crippen LogP contribution in [0.4, 0.5) is 5.13 Å². The molecule has 0 radical (unpaired) electrons.